The molecule has 0 aliphatic carbocycles. The van der Waals surface area contributed by atoms with Crippen molar-refractivity contribution in [1.82, 2.24) is 35.8 Å². The van der Waals surface area contributed by atoms with Gasteiger partial charge in [0, 0.05) is 13.0 Å². The number of tetrazole rings is 1. The maximum absolute atomic E-state index is 5.77. The number of H-pyrrole nitrogens is 2. The Balaban J connectivity index is 1.78. The second kappa shape index (κ2) is 4.66. The number of aromatic nitrogens is 7. The predicted molar refractivity (Wildman–Crippen MR) is 55.2 cm³/mol. The van der Waals surface area contributed by atoms with Crippen LogP contribution in [0.4, 0.5) is 5.95 Å². The summed E-state index contributed by atoms with van der Waals surface area (Å²) in [6.07, 6.45) is 1.53. The SMILES string of the molecule is Cc1nc(N(N)CCCc2nn[nH]n2)n[nH]1. The van der Waals surface area contributed by atoms with Crippen molar-refractivity contribution in [2.24, 2.45) is 5.84 Å². The second-order valence-electron chi connectivity index (χ2n) is 3.35. The molecule has 0 bridgehead atoms. The smallest absolute Gasteiger partial charge is 0.258 e. The lowest BCUT2D eigenvalue weighted by atomic mass is 10.3. The van der Waals surface area contributed by atoms with Crippen LogP contribution in [0.5, 0.6) is 0 Å². The summed E-state index contributed by atoms with van der Waals surface area (Å²) < 4.78 is 0. The largest absolute Gasteiger partial charge is 0.277 e. The molecule has 16 heavy (non-hydrogen) atoms. The summed E-state index contributed by atoms with van der Waals surface area (Å²) in [6.45, 7) is 2.45. The molecule has 0 saturated carbocycles. The van der Waals surface area contributed by atoms with Gasteiger partial charge in [-0.25, -0.2) is 5.84 Å². The van der Waals surface area contributed by atoms with E-state index in [1.165, 1.54) is 5.01 Å². The van der Waals surface area contributed by atoms with Crippen LogP contribution < -0.4 is 10.9 Å². The van der Waals surface area contributed by atoms with E-state index in [1.54, 1.807) is 0 Å². The number of nitrogens with two attached hydrogens (primary N) is 1. The van der Waals surface area contributed by atoms with E-state index in [-0.39, 0.29) is 0 Å². The highest BCUT2D eigenvalue weighted by molar-refractivity contribution is 5.24. The monoisotopic (exact) mass is 223 g/mol. The zero-order chi connectivity index (χ0) is 11.4. The molecule has 0 fully saturated rings. The van der Waals surface area contributed by atoms with Crippen LogP contribution in [0.25, 0.3) is 0 Å². The van der Waals surface area contributed by atoms with Gasteiger partial charge in [0.1, 0.15) is 5.82 Å². The average molecular weight is 223 g/mol. The first kappa shape index (κ1) is 10.5. The summed E-state index contributed by atoms with van der Waals surface area (Å²) in [4.78, 5) is 4.11. The zero-order valence-corrected chi connectivity index (χ0v) is 8.88. The van der Waals surface area contributed by atoms with Gasteiger partial charge < -0.3 is 0 Å². The Labute approximate surface area is 91.4 Å². The molecular formula is C7H13N9. The predicted octanol–water partition coefficient (Wildman–Crippen LogP) is -1.06. The highest BCUT2D eigenvalue weighted by Crippen LogP contribution is 2.03. The van der Waals surface area contributed by atoms with Crippen molar-refractivity contribution in [2.45, 2.75) is 19.8 Å². The van der Waals surface area contributed by atoms with Crippen LogP contribution >= 0.6 is 0 Å². The van der Waals surface area contributed by atoms with Gasteiger partial charge in [-0.3, -0.25) is 10.1 Å². The molecule has 0 unspecified atom stereocenters. The Bertz CT molecular complexity index is 419. The van der Waals surface area contributed by atoms with E-state index in [4.69, 9.17) is 5.84 Å². The molecule has 0 saturated heterocycles. The zero-order valence-electron chi connectivity index (χ0n) is 8.88. The van der Waals surface area contributed by atoms with Crippen molar-refractivity contribution in [3.05, 3.63) is 11.6 Å². The molecule has 2 rings (SSSR count). The normalized spacial score (nSPS) is 10.6. The topological polar surface area (TPSA) is 125 Å². The third kappa shape index (κ3) is 2.51. The Morgan fingerprint density at radius 1 is 1.38 bits per heavy atom. The molecule has 0 aromatic carbocycles. The molecule has 0 radical (unpaired) electrons. The van der Waals surface area contributed by atoms with Crippen LogP contribution in [0.2, 0.25) is 0 Å². The van der Waals surface area contributed by atoms with Crippen molar-refractivity contribution in [2.75, 3.05) is 11.6 Å². The fourth-order valence-electron chi connectivity index (χ4n) is 1.26. The van der Waals surface area contributed by atoms with Crippen LogP contribution in [-0.2, 0) is 6.42 Å². The third-order valence-electron chi connectivity index (χ3n) is 2.03. The molecule has 2 heterocycles. The highest BCUT2D eigenvalue weighted by atomic mass is 15.5. The molecule has 0 aliphatic heterocycles. The van der Waals surface area contributed by atoms with E-state index < -0.39 is 0 Å². The van der Waals surface area contributed by atoms with Crippen molar-refractivity contribution in [3.8, 4) is 0 Å². The second-order valence-corrected chi connectivity index (χ2v) is 3.35. The number of aromatic amines is 2. The number of anilines is 1. The molecule has 2 aromatic heterocycles. The Kier molecular flexibility index (Phi) is 3.05. The minimum absolute atomic E-state index is 0.491. The van der Waals surface area contributed by atoms with E-state index in [2.05, 4.69) is 35.8 Å². The lowest BCUT2D eigenvalue weighted by molar-refractivity contribution is 0.714. The quantitative estimate of drug-likeness (QED) is 0.435. The summed E-state index contributed by atoms with van der Waals surface area (Å²) >= 11 is 0. The van der Waals surface area contributed by atoms with E-state index >= 15 is 0 Å². The molecule has 0 amide bonds. The fraction of sp³-hybridized carbons (Fsp3) is 0.571. The standard InChI is InChI=1S/C7H13N9/c1-5-9-7(13-10-5)16(8)4-2-3-6-11-14-15-12-6/h2-4,8H2,1H3,(H,9,10,13)(H,11,12,14,15). The van der Waals surface area contributed by atoms with Gasteiger partial charge in [-0.15, -0.1) is 15.3 Å². The van der Waals surface area contributed by atoms with Crippen LogP contribution in [0.1, 0.15) is 18.1 Å². The van der Waals surface area contributed by atoms with Crippen LogP contribution in [0.15, 0.2) is 0 Å². The van der Waals surface area contributed by atoms with E-state index in [0.717, 1.165) is 12.2 Å². The molecule has 0 atom stereocenters. The lowest BCUT2D eigenvalue weighted by Gasteiger charge is -2.12. The Morgan fingerprint density at radius 3 is 2.88 bits per heavy atom. The van der Waals surface area contributed by atoms with Gasteiger partial charge in [-0.2, -0.15) is 10.2 Å². The number of nitrogens with one attached hydrogen (secondary N) is 2. The van der Waals surface area contributed by atoms with Gasteiger partial charge in [0.05, 0.1) is 0 Å². The molecule has 0 aliphatic rings. The summed E-state index contributed by atoms with van der Waals surface area (Å²) in [7, 11) is 0. The minimum Gasteiger partial charge on any atom is -0.277 e. The van der Waals surface area contributed by atoms with Crippen LogP contribution in [-0.4, -0.2) is 42.4 Å². The molecular weight excluding hydrogens is 210 g/mol. The van der Waals surface area contributed by atoms with E-state index in [0.29, 0.717) is 24.7 Å². The van der Waals surface area contributed by atoms with E-state index in [9.17, 15) is 0 Å². The summed E-state index contributed by atoms with van der Waals surface area (Å²) in [5.41, 5.74) is 0. The van der Waals surface area contributed by atoms with Crippen LogP contribution in [0, 0.1) is 6.92 Å². The maximum Gasteiger partial charge on any atom is 0.258 e. The molecule has 2 aromatic rings. The highest BCUT2D eigenvalue weighted by Gasteiger charge is 2.07. The first-order valence-electron chi connectivity index (χ1n) is 4.89. The van der Waals surface area contributed by atoms with Gasteiger partial charge in [0.15, 0.2) is 5.82 Å². The molecule has 0 spiro atoms. The van der Waals surface area contributed by atoms with Gasteiger partial charge >= 0.3 is 0 Å². The minimum atomic E-state index is 0.491. The van der Waals surface area contributed by atoms with Gasteiger partial charge in [0.2, 0.25) is 0 Å². The molecule has 9 nitrogen and oxygen atoms in total. The molecule has 86 valence electrons. The molecule has 4 N–H and O–H groups in total. The van der Waals surface area contributed by atoms with E-state index in [1.807, 2.05) is 6.92 Å². The average Bonchev–Trinajstić information content (AvgIpc) is 2.89. The Hall–Kier alpha value is -2.03. The molecule has 9 heteroatoms. The summed E-state index contributed by atoms with van der Waals surface area (Å²) in [5, 5.41) is 21.7. The van der Waals surface area contributed by atoms with Gasteiger partial charge in [-0.1, -0.05) is 5.21 Å². The Morgan fingerprint density at radius 2 is 2.25 bits per heavy atom. The number of hydrogen-bond acceptors (Lipinski definition) is 7. The van der Waals surface area contributed by atoms with Crippen molar-refractivity contribution in [1.29, 1.82) is 0 Å². The van der Waals surface area contributed by atoms with Crippen LogP contribution in [0.3, 0.4) is 0 Å². The summed E-state index contributed by atoms with van der Waals surface area (Å²) in [5.74, 6) is 7.68. The fourth-order valence-corrected chi connectivity index (χ4v) is 1.26. The first-order chi connectivity index (χ1) is 7.75. The van der Waals surface area contributed by atoms with Crippen molar-refractivity contribution < 1.29 is 0 Å². The van der Waals surface area contributed by atoms with Gasteiger partial charge in [-0.05, 0) is 13.3 Å². The number of rotatable bonds is 5. The van der Waals surface area contributed by atoms with Gasteiger partial charge in [0.25, 0.3) is 5.95 Å². The number of nitrogens with zero attached hydrogens (tertiary/aromatic N) is 6. The first-order valence-corrected chi connectivity index (χ1v) is 4.89. The number of aryl methyl sites for hydroxylation is 2. The summed E-state index contributed by atoms with van der Waals surface area (Å²) in [6, 6.07) is 0. The number of hydrogen-bond donors (Lipinski definition) is 3. The van der Waals surface area contributed by atoms with Crippen molar-refractivity contribution >= 4 is 5.95 Å². The number of hydrazine groups is 1. The van der Waals surface area contributed by atoms with Crippen molar-refractivity contribution in [3.63, 3.8) is 0 Å². The lowest BCUT2D eigenvalue weighted by Crippen LogP contribution is -2.33. The third-order valence-corrected chi connectivity index (χ3v) is 2.03. The maximum atomic E-state index is 5.77.